The first-order valence-corrected chi connectivity index (χ1v) is 14.7. The third-order valence-corrected chi connectivity index (χ3v) is 8.50. The third-order valence-electron chi connectivity index (χ3n) is 6.65. The third kappa shape index (κ3) is 7.33. The molecule has 1 heterocycles. The number of nitrogens with one attached hydrogen (secondary N) is 2. The normalized spacial score (nSPS) is 15.9. The minimum atomic E-state index is -0.0658. The molecule has 0 aromatic heterocycles. The number of hydrogen-bond donors (Lipinski definition) is 2. The second-order valence-corrected chi connectivity index (χ2v) is 11.3. The van der Waals surface area contributed by atoms with Crippen molar-refractivity contribution < 1.29 is 4.79 Å². The van der Waals surface area contributed by atoms with Crippen LogP contribution in [0.5, 0.6) is 0 Å². The van der Waals surface area contributed by atoms with Gasteiger partial charge in [-0.1, -0.05) is 44.1 Å². The fraction of sp³-hybridized carbons (Fsp3) is 0.519. The van der Waals surface area contributed by atoms with Gasteiger partial charge in [-0.2, -0.15) is 0 Å². The van der Waals surface area contributed by atoms with Crippen LogP contribution in [0.25, 0.3) is 0 Å². The van der Waals surface area contributed by atoms with Gasteiger partial charge in [-0.25, -0.2) is 0 Å². The summed E-state index contributed by atoms with van der Waals surface area (Å²) in [5, 5.41) is 6.51. The summed E-state index contributed by atoms with van der Waals surface area (Å²) in [6.07, 6.45) is 10.4. The number of unbranched alkanes of at least 4 members (excludes halogenated alkanes) is 2. The molecule has 2 aliphatic rings. The molecule has 4 rings (SSSR count). The second-order valence-electron chi connectivity index (χ2n) is 9.24. The molecule has 1 saturated heterocycles. The minimum Gasteiger partial charge on any atom is -0.369 e. The van der Waals surface area contributed by atoms with Crippen molar-refractivity contribution >= 4 is 46.7 Å². The Morgan fingerprint density at radius 3 is 2.56 bits per heavy atom. The number of carbonyl (C=O) groups excluding carboxylic acids is 1. The van der Waals surface area contributed by atoms with Gasteiger partial charge in [-0.3, -0.25) is 4.79 Å². The van der Waals surface area contributed by atoms with E-state index in [4.69, 9.17) is 0 Å². The lowest BCUT2D eigenvalue weighted by atomic mass is 10.1. The molecule has 34 heavy (non-hydrogen) atoms. The highest BCUT2D eigenvalue weighted by molar-refractivity contribution is 8.00. The van der Waals surface area contributed by atoms with E-state index < -0.39 is 0 Å². The fourth-order valence-corrected chi connectivity index (χ4v) is 5.61. The molecule has 2 aromatic rings. The van der Waals surface area contributed by atoms with E-state index in [0.717, 1.165) is 49.2 Å². The van der Waals surface area contributed by atoms with Crippen LogP contribution in [-0.2, 0) is 0 Å². The van der Waals surface area contributed by atoms with Crippen LogP contribution < -0.4 is 19.8 Å². The molecule has 1 amide bonds. The maximum absolute atomic E-state index is 13.3. The van der Waals surface area contributed by atoms with Crippen LogP contribution in [0.2, 0.25) is 0 Å². The van der Waals surface area contributed by atoms with Crippen molar-refractivity contribution in [2.24, 2.45) is 5.92 Å². The molecule has 0 radical (unpaired) electrons. The Kier molecular flexibility index (Phi) is 9.48. The number of hydrogen-bond acceptors (Lipinski definition) is 6. The molecule has 2 aromatic carbocycles. The molecular formula is C27H38N4OS2. The van der Waals surface area contributed by atoms with E-state index in [-0.39, 0.29) is 5.91 Å². The summed E-state index contributed by atoms with van der Waals surface area (Å²) in [4.78, 5) is 16.9. The van der Waals surface area contributed by atoms with Crippen LogP contribution in [0.3, 0.4) is 0 Å². The number of piperazine rings is 1. The monoisotopic (exact) mass is 498 g/mol. The quantitative estimate of drug-likeness (QED) is 0.209. The summed E-state index contributed by atoms with van der Waals surface area (Å²) in [7, 11) is 2.00. The summed E-state index contributed by atoms with van der Waals surface area (Å²) in [6, 6.07) is 14.5. The van der Waals surface area contributed by atoms with Crippen LogP contribution in [0.4, 0.5) is 17.1 Å². The Labute approximate surface area is 213 Å². The SMILES string of the molecule is CSN(C)c1ccc(N2CCNCC2)cc1C(=O)Nc1ccc(SCCCCCC2CC2)cc1. The zero-order chi connectivity index (χ0) is 23.8. The van der Waals surface area contributed by atoms with Crippen molar-refractivity contribution in [2.75, 3.05) is 59.8 Å². The number of benzene rings is 2. The standard InChI is InChI=1S/C27H38N4OS2/c1-30(33-2)26-14-11-23(31-17-15-28-16-18-31)20-25(26)27(32)29-22-9-12-24(13-10-22)34-19-5-3-4-6-21-7-8-21/h9-14,20-21,28H,3-8,15-19H2,1-2H3,(H,29,32). The molecule has 0 spiro atoms. The van der Waals surface area contributed by atoms with Gasteiger partial charge in [0.15, 0.2) is 0 Å². The van der Waals surface area contributed by atoms with Gasteiger partial charge < -0.3 is 19.8 Å². The molecule has 1 aliphatic carbocycles. The molecule has 1 saturated carbocycles. The molecule has 0 atom stereocenters. The van der Waals surface area contributed by atoms with Crippen molar-refractivity contribution in [3.8, 4) is 0 Å². The Morgan fingerprint density at radius 2 is 1.85 bits per heavy atom. The van der Waals surface area contributed by atoms with E-state index in [1.807, 2.05) is 47.6 Å². The van der Waals surface area contributed by atoms with Gasteiger partial charge in [0.1, 0.15) is 0 Å². The molecule has 2 fully saturated rings. The van der Waals surface area contributed by atoms with E-state index in [0.29, 0.717) is 5.56 Å². The van der Waals surface area contributed by atoms with E-state index in [1.54, 1.807) is 11.9 Å². The number of thioether (sulfide) groups is 1. The van der Waals surface area contributed by atoms with Gasteiger partial charge in [0.2, 0.25) is 0 Å². The van der Waals surface area contributed by atoms with Gasteiger partial charge in [-0.15, -0.1) is 11.8 Å². The van der Waals surface area contributed by atoms with Crippen molar-refractivity contribution in [1.29, 1.82) is 0 Å². The molecule has 0 bridgehead atoms. The second kappa shape index (κ2) is 12.8. The summed E-state index contributed by atoms with van der Waals surface area (Å²) < 4.78 is 2.04. The predicted molar refractivity (Wildman–Crippen MR) is 150 cm³/mol. The number of amides is 1. The lowest BCUT2D eigenvalue weighted by Gasteiger charge is -2.30. The van der Waals surface area contributed by atoms with Crippen LogP contribution in [0, 0.1) is 5.92 Å². The molecule has 5 nitrogen and oxygen atoms in total. The molecule has 2 N–H and O–H groups in total. The summed E-state index contributed by atoms with van der Waals surface area (Å²) in [5.74, 6) is 2.15. The fourth-order valence-electron chi connectivity index (χ4n) is 4.34. The van der Waals surface area contributed by atoms with Crippen molar-refractivity contribution in [3.63, 3.8) is 0 Å². The highest BCUT2D eigenvalue weighted by Crippen LogP contribution is 2.34. The lowest BCUT2D eigenvalue weighted by molar-refractivity contribution is 0.102. The van der Waals surface area contributed by atoms with Crippen LogP contribution >= 0.6 is 23.7 Å². The van der Waals surface area contributed by atoms with Gasteiger partial charge >= 0.3 is 0 Å². The smallest absolute Gasteiger partial charge is 0.257 e. The lowest BCUT2D eigenvalue weighted by Crippen LogP contribution is -2.43. The van der Waals surface area contributed by atoms with Crippen LogP contribution in [0.1, 0.15) is 48.9 Å². The van der Waals surface area contributed by atoms with Gasteiger partial charge in [0.05, 0.1) is 11.3 Å². The Morgan fingerprint density at radius 1 is 1.09 bits per heavy atom. The largest absolute Gasteiger partial charge is 0.369 e. The van der Waals surface area contributed by atoms with Gasteiger partial charge in [-0.05, 0) is 60.6 Å². The Hall–Kier alpha value is -1.83. The summed E-state index contributed by atoms with van der Waals surface area (Å²) >= 11 is 3.52. The summed E-state index contributed by atoms with van der Waals surface area (Å²) in [6.45, 7) is 3.86. The maximum atomic E-state index is 13.3. The first kappa shape index (κ1) is 25.3. The molecule has 1 aliphatic heterocycles. The van der Waals surface area contributed by atoms with Crippen molar-refractivity contribution in [1.82, 2.24) is 5.32 Å². The topological polar surface area (TPSA) is 47.6 Å². The highest BCUT2D eigenvalue weighted by Gasteiger charge is 2.20. The van der Waals surface area contributed by atoms with E-state index in [9.17, 15) is 4.79 Å². The maximum Gasteiger partial charge on any atom is 0.257 e. The van der Waals surface area contributed by atoms with E-state index >= 15 is 0 Å². The molecule has 0 unspecified atom stereocenters. The highest BCUT2D eigenvalue weighted by atomic mass is 32.2. The van der Waals surface area contributed by atoms with Gasteiger partial charge in [0.25, 0.3) is 5.91 Å². The molecule has 7 heteroatoms. The predicted octanol–water partition coefficient (Wildman–Crippen LogP) is 6.13. The first-order valence-electron chi connectivity index (χ1n) is 12.6. The number of carbonyl (C=O) groups is 1. The number of rotatable bonds is 12. The zero-order valence-electron chi connectivity index (χ0n) is 20.5. The first-order chi connectivity index (χ1) is 16.6. The van der Waals surface area contributed by atoms with Crippen molar-refractivity contribution in [2.45, 2.75) is 43.4 Å². The Bertz CT molecular complexity index is 927. The average Bonchev–Trinajstić information content (AvgIpc) is 3.71. The number of anilines is 3. The van der Waals surface area contributed by atoms with E-state index in [2.05, 4.69) is 39.8 Å². The zero-order valence-corrected chi connectivity index (χ0v) is 22.1. The Balaban J connectivity index is 1.34. The van der Waals surface area contributed by atoms with E-state index in [1.165, 1.54) is 49.2 Å². The van der Waals surface area contributed by atoms with Crippen molar-refractivity contribution in [3.05, 3.63) is 48.0 Å². The minimum absolute atomic E-state index is 0.0658. The van der Waals surface area contributed by atoms with Gasteiger partial charge in [0, 0.05) is 55.8 Å². The van der Waals surface area contributed by atoms with Crippen LogP contribution in [0.15, 0.2) is 47.4 Å². The number of nitrogens with zero attached hydrogens (tertiary/aromatic N) is 2. The molecule has 184 valence electrons. The average molecular weight is 499 g/mol. The van der Waals surface area contributed by atoms with Crippen LogP contribution in [-0.4, -0.2) is 51.1 Å². The summed E-state index contributed by atoms with van der Waals surface area (Å²) in [5.41, 5.74) is 3.58. The molecular weight excluding hydrogens is 460 g/mol.